The van der Waals surface area contributed by atoms with E-state index in [1.54, 1.807) is 32.9 Å². The molecule has 5 nitrogen and oxygen atoms in total. The Labute approximate surface area is 127 Å². The topological polar surface area (TPSA) is 70.8 Å². The minimum absolute atomic E-state index is 0.0416. The number of halogens is 1. The van der Waals surface area contributed by atoms with Gasteiger partial charge in [-0.15, -0.1) is 0 Å². The van der Waals surface area contributed by atoms with E-state index in [9.17, 15) is 4.79 Å². The smallest absolute Gasteiger partial charge is 0.344 e. The van der Waals surface area contributed by atoms with Crippen LogP contribution in [0.3, 0.4) is 0 Å². The van der Waals surface area contributed by atoms with Gasteiger partial charge in [-0.05, 0) is 52.0 Å². The van der Waals surface area contributed by atoms with E-state index < -0.39 is 17.2 Å². The maximum Gasteiger partial charge on any atom is 0.344 e. The highest BCUT2D eigenvalue weighted by atomic mass is 79.9. The lowest BCUT2D eigenvalue weighted by atomic mass is 10.1. The van der Waals surface area contributed by atoms with Crippen LogP contribution in [-0.4, -0.2) is 23.8 Å². The first-order valence-electron chi connectivity index (χ1n) is 6.16. The van der Waals surface area contributed by atoms with Crippen LogP contribution >= 0.6 is 15.9 Å². The third-order valence-electron chi connectivity index (χ3n) is 2.42. The summed E-state index contributed by atoms with van der Waals surface area (Å²) >= 11 is 3.33. The van der Waals surface area contributed by atoms with Gasteiger partial charge in [0, 0.05) is 4.47 Å². The van der Waals surface area contributed by atoms with Crippen molar-refractivity contribution in [3.8, 4) is 5.75 Å². The molecule has 0 aliphatic carbocycles. The summed E-state index contributed by atoms with van der Waals surface area (Å²) in [5.41, 5.74) is -1.98. The van der Waals surface area contributed by atoms with Gasteiger partial charge in [0.05, 0.1) is 0 Å². The van der Waals surface area contributed by atoms with E-state index in [0.29, 0.717) is 5.75 Å². The SMILES string of the molecule is CC(C)(C)OC(=O)[C@](C)(COc1ccc(Br)cc1)ON. The number of rotatable bonds is 5. The van der Waals surface area contributed by atoms with Crippen molar-refractivity contribution in [2.45, 2.75) is 38.9 Å². The minimum atomic E-state index is -1.36. The summed E-state index contributed by atoms with van der Waals surface area (Å²) in [5, 5.41) is 0. The second-order valence-electron chi connectivity index (χ2n) is 5.59. The molecule has 6 heteroatoms. The summed E-state index contributed by atoms with van der Waals surface area (Å²) in [6, 6.07) is 7.22. The first kappa shape index (κ1) is 16.9. The van der Waals surface area contributed by atoms with Crippen LogP contribution in [-0.2, 0) is 14.4 Å². The van der Waals surface area contributed by atoms with Gasteiger partial charge in [-0.2, -0.15) is 0 Å². The van der Waals surface area contributed by atoms with Crippen LogP contribution in [0.2, 0.25) is 0 Å². The molecule has 1 atom stereocenters. The molecular weight excluding hydrogens is 326 g/mol. The number of carbonyl (C=O) groups is 1. The molecule has 0 saturated heterocycles. The summed E-state index contributed by atoms with van der Waals surface area (Å²) in [6.45, 7) is 6.81. The van der Waals surface area contributed by atoms with Gasteiger partial charge >= 0.3 is 5.97 Å². The number of ether oxygens (including phenoxy) is 2. The second-order valence-corrected chi connectivity index (χ2v) is 6.51. The fraction of sp³-hybridized carbons (Fsp3) is 0.500. The number of benzene rings is 1. The summed E-state index contributed by atoms with van der Waals surface area (Å²) in [7, 11) is 0. The molecule has 0 saturated carbocycles. The number of nitrogens with two attached hydrogens (primary N) is 1. The summed E-state index contributed by atoms with van der Waals surface area (Å²) in [4.78, 5) is 16.9. The Balaban J connectivity index is 2.69. The van der Waals surface area contributed by atoms with Crippen molar-refractivity contribution in [2.75, 3.05) is 6.61 Å². The minimum Gasteiger partial charge on any atom is -0.490 e. The molecule has 0 aliphatic rings. The van der Waals surface area contributed by atoms with E-state index in [0.717, 1.165) is 4.47 Å². The molecule has 0 bridgehead atoms. The van der Waals surface area contributed by atoms with Crippen molar-refractivity contribution >= 4 is 21.9 Å². The molecule has 1 aromatic rings. The first-order chi connectivity index (χ1) is 9.16. The van der Waals surface area contributed by atoms with Crippen LogP contribution in [0.4, 0.5) is 0 Å². The molecule has 1 aromatic carbocycles. The highest BCUT2D eigenvalue weighted by Crippen LogP contribution is 2.20. The Morgan fingerprint density at radius 3 is 2.20 bits per heavy atom. The maximum atomic E-state index is 12.1. The zero-order valence-corrected chi connectivity index (χ0v) is 13.7. The molecule has 0 amide bonds. The van der Waals surface area contributed by atoms with E-state index in [1.807, 2.05) is 12.1 Å². The molecule has 0 fully saturated rings. The summed E-state index contributed by atoms with van der Waals surface area (Å²) in [5.74, 6) is 5.27. The highest BCUT2D eigenvalue weighted by Gasteiger charge is 2.39. The van der Waals surface area contributed by atoms with Gasteiger partial charge in [0.1, 0.15) is 18.0 Å². The second kappa shape index (κ2) is 6.56. The average Bonchev–Trinajstić information content (AvgIpc) is 2.35. The van der Waals surface area contributed by atoms with Crippen LogP contribution in [0.25, 0.3) is 0 Å². The quantitative estimate of drug-likeness (QED) is 0.656. The van der Waals surface area contributed by atoms with Gasteiger partial charge in [-0.3, -0.25) is 4.84 Å². The lowest BCUT2D eigenvalue weighted by Crippen LogP contribution is -2.49. The van der Waals surface area contributed by atoms with Crippen LogP contribution in [0.5, 0.6) is 5.75 Å². The van der Waals surface area contributed by atoms with Crippen LogP contribution in [0.1, 0.15) is 27.7 Å². The molecule has 112 valence electrons. The third-order valence-corrected chi connectivity index (χ3v) is 2.95. The summed E-state index contributed by atoms with van der Waals surface area (Å²) < 4.78 is 11.7. The van der Waals surface area contributed by atoms with E-state index in [2.05, 4.69) is 15.9 Å². The maximum absolute atomic E-state index is 12.1. The van der Waals surface area contributed by atoms with Gasteiger partial charge in [-0.1, -0.05) is 15.9 Å². The van der Waals surface area contributed by atoms with Crippen molar-refractivity contribution in [2.24, 2.45) is 5.90 Å². The lowest BCUT2D eigenvalue weighted by Gasteiger charge is -2.29. The molecule has 0 unspecified atom stereocenters. The van der Waals surface area contributed by atoms with E-state index in [1.165, 1.54) is 6.92 Å². The van der Waals surface area contributed by atoms with E-state index >= 15 is 0 Å². The average molecular weight is 346 g/mol. The molecular formula is C14H20BrNO4. The molecule has 0 aliphatic heterocycles. The number of hydrogen-bond acceptors (Lipinski definition) is 5. The first-order valence-corrected chi connectivity index (χ1v) is 6.95. The predicted molar refractivity (Wildman–Crippen MR) is 79.2 cm³/mol. The van der Waals surface area contributed by atoms with Gasteiger partial charge in [-0.25, -0.2) is 10.7 Å². The lowest BCUT2D eigenvalue weighted by molar-refractivity contribution is -0.186. The number of esters is 1. The zero-order chi connectivity index (χ0) is 15.4. The third kappa shape index (κ3) is 5.11. The fourth-order valence-electron chi connectivity index (χ4n) is 1.28. The Bertz CT molecular complexity index is 455. The largest absolute Gasteiger partial charge is 0.490 e. The number of hydrogen-bond donors (Lipinski definition) is 1. The van der Waals surface area contributed by atoms with E-state index in [-0.39, 0.29) is 6.61 Å². The molecule has 20 heavy (non-hydrogen) atoms. The number of carbonyl (C=O) groups excluding carboxylic acids is 1. The molecule has 0 heterocycles. The van der Waals surface area contributed by atoms with Gasteiger partial charge in [0.2, 0.25) is 5.60 Å². The van der Waals surface area contributed by atoms with Gasteiger partial charge < -0.3 is 9.47 Å². The molecule has 0 spiro atoms. The van der Waals surface area contributed by atoms with Crippen LogP contribution in [0, 0.1) is 0 Å². The Hall–Kier alpha value is -1.11. The van der Waals surface area contributed by atoms with Crippen molar-refractivity contribution < 1.29 is 19.1 Å². The van der Waals surface area contributed by atoms with Crippen LogP contribution in [0.15, 0.2) is 28.7 Å². The Morgan fingerprint density at radius 1 is 1.20 bits per heavy atom. The standard InChI is InChI=1S/C14H20BrNO4/c1-13(2,3)19-12(17)14(4,20-16)9-18-11-7-5-10(15)6-8-11/h5-8H,9,16H2,1-4H3/t14-/m0/s1. The van der Waals surface area contributed by atoms with Gasteiger partial charge in [0.15, 0.2) is 0 Å². The molecule has 2 N–H and O–H groups in total. The van der Waals surface area contributed by atoms with E-state index in [4.69, 9.17) is 20.2 Å². The zero-order valence-electron chi connectivity index (χ0n) is 12.1. The highest BCUT2D eigenvalue weighted by molar-refractivity contribution is 9.10. The molecule has 1 rings (SSSR count). The summed E-state index contributed by atoms with van der Waals surface area (Å²) in [6.07, 6.45) is 0. The van der Waals surface area contributed by atoms with Crippen molar-refractivity contribution in [1.29, 1.82) is 0 Å². The van der Waals surface area contributed by atoms with Crippen LogP contribution < -0.4 is 10.6 Å². The normalized spacial score (nSPS) is 14.5. The monoisotopic (exact) mass is 345 g/mol. The van der Waals surface area contributed by atoms with Crippen molar-refractivity contribution in [3.05, 3.63) is 28.7 Å². The van der Waals surface area contributed by atoms with Crippen molar-refractivity contribution in [1.82, 2.24) is 0 Å². The fourth-order valence-corrected chi connectivity index (χ4v) is 1.54. The predicted octanol–water partition coefficient (Wildman–Crippen LogP) is 2.82. The molecule has 0 aromatic heterocycles. The van der Waals surface area contributed by atoms with Gasteiger partial charge in [0.25, 0.3) is 0 Å². The Kier molecular flexibility index (Phi) is 5.56. The van der Waals surface area contributed by atoms with Crippen molar-refractivity contribution in [3.63, 3.8) is 0 Å². The Morgan fingerprint density at radius 2 is 1.75 bits per heavy atom. The molecule has 0 radical (unpaired) electrons.